The van der Waals surface area contributed by atoms with Gasteiger partial charge in [0.2, 0.25) is 0 Å². The predicted octanol–water partition coefficient (Wildman–Crippen LogP) is 5.19. The van der Waals surface area contributed by atoms with Crippen LogP contribution in [-0.2, 0) is 0 Å². The molecule has 0 aliphatic rings. The molecule has 1 N–H and O–H groups in total. The Labute approximate surface area is 162 Å². The summed E-state index contributed by atoms with van der Waals surface area (Å²) >= 11 is 7.01. The smallest absolute Gasteiger partial charge is 0.272 e. The van der Waals surface area contributed by atoms with Crippen LogP contribution in [0.2, 0.25) is 5.15 Å². The zero-order chi connectivity index (χ0) is 19.4. The normalized spacial score (nSPS) is 11.0. The van der Waals surface area contributed by atoms with Crippen molar-refractivity contribution in [1.82, 2.24) is 9.97 Å². The van der Waals surface area contributed by atoms with Crippen LogP contribution in [-0.4, -0.2) is 30.1 Å². The van der Waals surface area contributed by atoms with Gasteiger partial charge in [-0.3, -0.25) is 0 Å². The lowest BCUT2D eigenvalue weighted by atomic mass is 10.2. The summed E-state index contributed by atoms with van der Waals surface area (Å²) in [6.45, 7) is -0.884. The molecule has 0 atom stereocenters. The van der Waals surface area contributed by atoms with E-state index in [2.05, 4.69) is 14.7 Å². The van der Waals surface area contributed by atoms with Crippen LogP contribution in [0.15, 0.2) is 41.3 Å². The number of alkyl halides is 2. The zero-order valence-corrected chi connectivity index (χ0v) is 15.5. The van der Waals surface area contributed by atoms with E-state index in [-0.39, 0.29) is 17.4 Å². The largest absolute Gasteiger partial charge is 0.482 e. The van der Waals surface area contributed by atoms with Crippen LogP contribution in [0.25, 0.3) is 10.9 Å². The summed E-state index contributed by atoms with van der Waals surface area (Å²) < 4.78 is 51.4. The first kappa shape index (κ1) is 19.4. The molecule has 0 saturated heterocycles. The van der Waals surface area contributed by atoms with Crippen LogP contribution < -0.4 is 14.2 Å². The van der Waals surface area contributed by atoms with E-state index < -0.39 is 18.8 Å². The fraction of sp³-hybridized carbons (Fsp3) is 0.176. The lowest BCUT2D eigenvalue weighted by molar-refractivity contribution is 0.0799. The third-order valence-corrected chi connectivity index (χ3v) is 4.46. The summed E-state index contributed by atoms with van der Waals surface area (Å²) in [5.74, 6) is -1.20. The molecule has 2 heterocycles. The van der Waals surface area contributed by atoms with Crippen molar-refractivity contribution in [3.05, 3.63) is 47.4 Å². The molecule has 0 saturated carbocycles. The zero-order valence-electron chi connectivity index (χ0n) is 13.9. The first-order valence-electron chi connectivity index (χ1n) is 7.61. The van der Waals surface area contributed by atoms with Gasteiger partial charge in [0.1, 0.15) is 11.8 Å². The second-order valence-corrected chi connectivity index (χ2v) is 6.42. The summed E-state index contributed by atoms with van der Waals surface area (Å²) in [4.78, 5) is 8.93. The van der Waals surface area contributed by atoms with Gasteiger partial charge in [0.05, 0.1) is 12.6 Å². The Balaban J connectivity index is 1.82. The fourth-order valence-electron chi connectivity index (χ4n) is 2.22. The van der Waals surface area contributed by atoms with E-state index in [1.54, 1.807) is 18.2 Å². The van der Waals surface area contributed by atoms with E-state index in [0.717, 1.165) is 28.3 Å². The van der Waals surface area contributed by atoms with Gasteiger partial charge < -0.3 is 14.2 Å². The van der Waals surface area contributed by atoms with Crippen molar-refractivity contribution in [3.63, 3.8) is 0 Å². The van der Waals surface area contributed by atoms with Crippen molar-refractivity contribution in [3.8, 4) is 11.6 Å². The van der Waals surface area contributed by atoms with Crippen molar-refractivity contribution in [1.29, 1.82) is 0 Å². The summed E-state index contributed by atoms with van der Waals surface area (Å²) in [5, 5.41) is 1.19. The van der Waals surface area contributed by atoms with Crippen LogP contribution >= 0.6 is 23.5 Å². The van der Waals surface area contributed by atoms with Crippen LogP contribution in [0, 0.1) is 5.82 Å². The Kier molecular flexibility index (Phi) is 6.12. The van der Waals surface area contributed by atoms with E-state index in [9.17, 15) is 13.2 Å². The molecule has 0 amide bonds. The maximum atomic E-state index is 14.3. The Morgan fingerprint density at radius 2 is 2.04 bits per heavy atom. The summed E-state index contributed by atoms with van der Waals surface area (Å²) in [7, 11) is 1.28. The minimum Gasteiger partial charge on any atom is -0.482 e. The molecule has 2 aromatic heterocycles. The molecule has 142 valence electrons. The minimum atomic E-state index is -2.69. The standard InChI is InChI=1S/C17H13ClF3N3O2S/c1-25-17-12(26-8-15(20)21)7-10(19)16(23-17)24-27-13-4-2-3-11-9(13)5-6-14(18)22-11/h2-7,15H,8H2,1H3,(H,23,24). The van der Waals surface area contributed by atoms with Gasteiger partial charge in [-0.15, -0.1) is 0 Å². The first-order valence-corrected chi connectivity index (χ1v) is 8.81. The van der Waals surface area contributed by atoms with Crippen molar-refractivity contribution in [2.45, 2.75) is 11.3 Å². The highest BCUT2D eigenvalue weighted by Crippen LogP contribution is 2.33. The second-order valence-electron chi connectivity index (χ2n) is 5.19. The summed E-state index contributed by atoms with van der Waals surface area (Å²) in [6, 6.07) is 9.83. The minimum absolute atomic E-state index is 0.105. The maximum absolute atomic E-state index is 14.3. The highest BCUT2D eigenvalue weighted by atomic mass is 35.5. The molecule has 5 nitrogen and oxygen atoms in total. The topological polar surface area (TPSA) is 56.3 Å². The second kappa shape index (κ2) is 8.53. The Morgan fingerprint density at radius 1 is 1.22 bits per heavy atom. The van der Waals surface area contributed by atoms with Crippen molar-refractivity contribution >= 4 is 40.3 Å². The van der Waals surface area contributed by atoms with Gasteiger partial charge in [0, 0.05) is 16.3 Å². The third kappa shape index (κ3) is 4.67. The van der Waals surface area contributed by atoms with Gasteiger partial charge in [-0.25, -0.2) is 18.2 Å². The van der Waals surface area contributed by atoms with E-state index in [1.807, 2.05) is 12.1 Å². The lowest BCUT2D eigenvalue weighted by Gasteiger charge is -2.13. The molecule has 0 spiro atoms. The van der Waals surface area contributed by atoms with Gasteiger partial charge in [-0.05, 0) is 36.2 Å². The number of hydrogen-bond donors (Lipinski definition) is 1. The molecule has 0 aliphatic heterocycles. The lowest BCUT2D eigenvalue weighted by Crippen LogP contribution is -2.09. The van der Waals surface area contributed by atoms with E-state index >= 15 is 0 Å². The average molecular weight is 416 g/mol. The molecule has 0 unspecified atom stereocenters. The summed E-state index contributed by atoms with van der Waals surface area (Å²) in [5.41, 5.74) is 0.691. The predicted molar refractivity (Wildman–Crippen MR) is 98.5 cm³/mol. The molecule has 10 heteroatoms. The van der Waals surface area contributed by atoms with Crippen molar-refractivity contribution in [2.24, 2.45) is 0 Å². The van der Waals surface area contributed by atoms with Gasteiger partial charge in [-0.1, -0.05) is 17.7 Å². The first-order chi connectivity index (χ1) is 13.0. The van der Waals surface area contributed by atoms with Crippen molar-refractivity contribution < 1.29 is 22.6 Å². The quantitative estimate of drug-likeness (QED) is 0.423. The van der Waals surface area contributed by atoms with E-state index in [0.29, 0.717) is 10.7 Å². The maximum Gasteiger partial charge on any atom is 0.272 e. The Bertz CT molecular complexity index is 962. The SMILES string of the molecule is COc1nc(NSc2cccc3nc(Cl)ccc23)c(F)cc1OCC(F)F. The number of halogens is 4. The monoisotopic (exact) mass is 415 g/mol. The van der Waals surface area contributed by atoms with E-state index in [1.165, 1.54) is 7.11 Å². The number of benzene rings is 1. The number of pyridine rings is 2. The summed E-state index contributed by atoms with van der Waals surface area (Å²) in [6.07, 6.45) is -2.69. The Hall–Kier alpha value is -2.39. The van der Waals surface area contributed by atoms with Gasteiger partial charge in [-0.2, -0.15) is 4.98 Å². The Morgan fingerprint density at radius 3 is 2.78 bits per heavy atom. The van der Waals surface area contributed by atoms with Gasteiger partial charge in [0.25, 0.3) is 12.3 Å². The molecule has 0 radical (unpaired) electrons. The number of nitrogens with zero attached hydrogens (tertiary/aromatic N) is 2. The van der Waals surface area contributed by atoms with Crippen LogP contribution in [0.1, 0.15) is 0 Å². The van der Waals surface area contributed by atoms with Gasteiger partial charge >= 0.3 is 0 Å². The number of anilines is 1. The average Bonchev–Trinajstić information content (AvgIpc) is 2.65. The number of fused-ring (bicyclic) bond motifs is 1. The highest BCUT2D eigenvalue weighted by Gasteiger charge is 2.16. The number of hydrogen-bond acceptors (Lipinski definition) is 6. The third-order valence-electron chi connectivity index (χ3n) is 3.38. The number of methoxy groups -OCH3 is 1. The molecular formula is C17H13ClF3N3O2S. The fourth-order valence-corrected chi connectivity index (χ4v) is 3.16. The number of ether oxygens (including phenoxy) is 2. The molecule has 3 rings (SSSR count). The van der Waals surface area contributed by atoms with Gasteiger partial charge in [0.15, 0.2) is 17.4 Å². The molecule has 27 heavy (non-hydrogen) atoms. The van der Waals surface area contributed by atoms with Crippen LogP contribution in [0.3, 0.4) is 0 Å². The molecule has 0 bridgehead atoms. The number of aromatic nitrogens is 2. The van der Waals surface area contributed by atoms with E-state index in [4.69, 9.17) is 21.1 Å². The number of rotatable bonds is 7. The molecule has 0 fully saturated rings. The molecular weight excluding hydrogens is 403 g/mol. The van der Waals surface area contributed by atoms with Crippen molar-refractivity contribution in [2.75, 3.05) is 18.4 Å². The molecule has 3 aromatic rings. The van der Waals surface area contributed by atoms with Crippen LogP contribution in [0.4, 0.5) is 19.0 Å². The highest BCUT2D eigenvalue weighted by molar-refractivity contribution is 8.00. The van der Waals surface area contributed by atoms with Crippen LogP contribution in [0.5, 0.6) is 11.6 Å². The molecule has 0 aliphatic carbocycles. The molecule has 1 aromatic carbocycles. The number of nitrogens with one attached hydrogen (secondary N) is 1.